The van der Waals surface area contributed by atoms with Crippen molar-refractivity contribution < 1.29 is 9.53 Å². The number of pyridine rings is 1. The minimum atomic E-state index is -0.218. The van der Waals surface area contributed by atoms with E-state index >= 15 is 0 Å². The fourth-order valence-electron chi connectivity index (χ4n) is 1.30. The van der Waals surface area contributed by atoms with E-state index < -0.39 is 0 Å². The number of hydrogen-bond donors (Lipinski definition) is 1. The van der Waals surface area contributed by atoms with Crippen LogP contribution in [-0.2, 0) is 4.74 Å². The zero-order chi connectivity index (χ0) is 12.1. The molecular formula is C11H16N2O3. The van der Waals surface area contributed by atoms with Crippen molar-refractivity contribution in [3.8, 4) is 0 Å². The first kappa shape index (κ1) is 12.4. The van der Waals surface area contributed by atoms with Crippen LogP contribution in [0.4, 0.5) is 0 Å². The molecule has 0 bridgehead atoms. The quantitative estimate of drug-likeness (QED) is 0.809. The van der Waals surface area contributed by atoms with E-state index in [9.17, 15) is 9.59 Å². The van der Waals surface area contributed by atoms with Crippen LogP contribution in [0.2, 0.25) is 0 Å². The van der Waals surface area contributed by atoms with Crippen molar-refractivity contribution in [1.29, 1.82) is 0 Å². The van der Waals surface area contributed by atoms with Gasteiger partial charge in [-0.15, -0.1) is 0 Å². The summed E-state index contributed by atoms with van der Waals surface area (Å²) >= 11 is 0. The van der Waals surface area contributed by atoms with E-state index in [1.807, 2.05) is 6.92 Å². The minimum Gasteiger partial charge on any atom is -0.383 e. The van der Waals surface area contributed by atoms with Gasteiger partial charge >= 0.3 is 0 Å². The van der Waals surface area contributed by atoms with Gasteiger partial charge in [-0.3, -0.25) is 9.59 Å². The molecule has 1 atom stereocenters. The molecule has 1 amide bonds. The van der Waals surface area contributed by atoms with Crippen molar-refractivity contribution in [2.24, 2.45) is 0 Å². The molecule has 16 heavy (non-hydrogen) atoms. The number of amides is 1. The second-order valence-electron chi connectivity index (χ2n) is 3.66. The molecule has 0 aromatic carbocycles. The average molecular weight is 224 g/mol. The maximum absolute atomic E-state index is 11.9. The highest BCUT2D eigenvalue weighted by Crippen LogP contribution is 2.04. The molecule has 0 aliphatic carbocycles. The number of nitrogens with zero attached hydrogens (tertiary/aromatic N) is 1. The number of carbonyl (C=O) groups excluding carboxylic acids is 1. The van der Waals surface area contributed by atoms with Gasteiger partial charge in [0, 0.05) is 26.4 Å². The van der Waals surface area contributed by atoms with Crippen molar-refractivity contribution in [3.63, 3.8) is 0 Å². The standard InChI is InChI=1S/C11H16N2O3/c1-8(7-16-3)13(2)11(15)9-4-5-10(14)12-6-9/h4-6,8H,7H2,1-3H3,(H,12,14). The number of likely N-dealkylation sites (N-methyl/N-ethyl adjacent to an activating group) is 1. The summed E-state index contributed by atoms with van der Waals surface area (Å²) in [5, 5.41) is 0. The van der Waals surface area contributed by atoms with Gasteiger partial charge in [-0.05, 0) is 13.0 Å². The summed E-state index contributed by atoms with van der Waals surface area (Å²) in [4.78, 5) is 26.8. The van der Waals surface area contributed by atoms with Crippen LogP contribution in [0.1, 0.15) is 17.3 Å². The Balaban J connectivity index is 2.77. The molecule has 5 heteroatoms. The van der Waals surface area contributed by atoms with E-state index in [4.69, 9.17) is 4.74 Å². The van der Waals surface area contributed by atoms with Gasteiger partial charge in [0.15, 0.2) is 0 Å². The first-order valence-corrected chi connectivity index (χ1v) is 5.01. The Kier molecular flexibility index (Phi) is 4.25. The van der Waals surface area contributed by atoms with Crippen molar-refractivity contribution in [2.75, 3.05) is 20.8 Å². The van der Waals surface area contributed by atoms with Crippen molar-refractivity contribution in [3.05, 3.63) is 34.2 Å². The highest BCUT2D eigenvalue weighted by Gasteiger charge is 2.17. The molecule has 5 nitrogen and oxygen atoms in total. The maximum atomic E-state index is 11.9. The molecule has 1 aromatic heterocycles. The number of methoxy groups -OCH3 is 1. The molecule has 0 fully saturated rings. The fraction of sp³-hybridized carbons (Fsp3) is 0.455. The third-order valence-electron chi connectivity index (χ3n) is 2.42. The molecule has 0 radical (unpaired) electrons. The molecule has 0 saturated heterocycles. The first-order chi connectivity index (χ1) is 7.56. The normalized spacial score (nSPS) is 12.2. The number of ether oxygens (including phenoxy) is 1. The highest BCUT2D eigenvalue weighted by molar-refractivity contribution is 5.93. The SMILES string of the molecule is COCC(C)N(C)C(=O)c1ccc(=O)[nH]c1. The van der Waals surface area contributed by atoms with Gasteiger partial charge in [0.05, 0.1) is 18.2 Å². The summed E-state index contributed by atoms with van der Waals surface area (Å²) in [5.41, 5.74) is 0.245. The van der Waals surface area contributed by atoms with Crippen molar-refractivity contribution in [1.82, 2.24) is 9.88 Å². The third kappa shape index (κ3) is 2.93. The van der Waals surface area contributed by atoms with Gasteiger partial charge in [-0.1, -0.05) is 0 Å². The van der Waals surface area contributed by atoms with E-state index in [2.05, 4.69) is 4.98 Å². The monoisotopic (exact) mass is 224 g/mol. The van der Waals surface area contributed by atoms with E-state index in [0.717, 1.165) is 0 Å². The van der Waals surface area contributed by atoms with E-state index in [-0.39, 0.29) is 17.5 Å². The van der Waals surface area contributed by atoms with Crippen molar-refractivity contribution >= 4 is 5.91 Å². The van der Waals surface area contributed by atoms with Gasteiger partial charge in [0.1, 0.15) is 0 Å². The number of carbonyl (C=O) groups is 1. The van der Waals surface area contributed by atoms with E-state index in [1.165, 1.54) is 18.3 Å². The summed E-state index contributed by atoms with van der Waals surface area (Å²) < 4.78 is 4.98. The zero-order valence-electron chi connectivity index (χ0n) is 9.69. The molecule has 0 spiro atoms. The van der Waals surface area contributed by atoms with Crippen LogP contribution in [0.3, 0.4) is 0 Å². The summed E-state index contributed by atoms with van der Waals surface area (Å²) in [7, 11) is 3.30. The number of aromatic amines is 1. The van der Waals surface area contributed by atoms with Crippen LogP contribution < -0.4 is 5.56 Å². The van der Waals surface area contributed by atoms with Gasteiger partial charge in [-0.2, -0.15) is 0 Å². The van der Waals surface area contributed by atoms with Crippen LogP contribution in [0.25, 0.3) is 0 Å². The molecule has 1 rings (SSSR count). The Morgan fingerprint density at radius 1 is 1.56 bits per heavy atom. The summed E-state index contributed by atoms with van der Waals surface area (Å²) in [6.07, 6.45) is 1.42. The Morgan fingerprint density at radius 3 is 2.75 bits per heavy atom. The van der Waals surface area contributed by atoms with Gasteiger partial charge in [0.25, 0.3) is 5.91 Å². The summed E-state index contributed by atoms with van der Waals surface area (Å²) in [6, 6.07) is 2.84. The Morgan fingerprint density at radius 2 is 2.25 bits per heavy atom. The fourth-order valence-corrected chi connectivity index (χ4v) is 1.30. The molecule has 1 N–H and O–H groups in total. The largest absolute Gasteiger partial charge is 0.383 e. The summed E-state index contributed by atoms with van der Waals surface area (Å²) in [5.74, 6) is -0.138. The second kappa shape index (κ2) is 5.46. The lowest BCUT2D eigenvalue weighted by Gasteiger charge is -2.24. The number of H-pyrrole nitrogens is 1. The molecule has 0 aliphatic heterocycles. The number of rotatable bonds is 4. The molecule has 0 aliphatic rings. The zero-order valence-corrected chi connectivity index (χ0v) is 9.69. The number of aromatic nitrogens is 1. The Bertz CT molecular complexity index is 393. The van der Waals surface area contributed by atoms with Gasteiger partial charge in [0.2, 0.25) is 5.56 Å². The Labute approximate surface area is 94.0 Å². The predicted molar refractivity (Wildman–Crippen MR) is 60.5 cm³/mol. The summed E-state index contributed by atoms with van der Waals surface area (Å²) in [6.45, 7) is 2.37. The number of hydrogen-bond acceptors (Lipinski definition) is 3. The lowest BCUT2D eigenvalue weighted by atomic mass is 10.2. The van der Waals surface area contributed by atoms with Crippen LogP contribution in [0, 0.1) is 0 Å². The molecule has 1 heterocycles. The topological polar surface area (TPSA) is 62.4 Å². The lowest BCUT2D eigenvalue weighted by Crippen LogP contribution is -2.38. The molecule has 0 saturated carbocycles. The minimum absolute atomic E-state index is 0.00979. The number of nitrogens with one attached hydrogen (secondary N) is 1. The Hall–Kier alpha value is -1.62. The average Bonchev–Trinajstić information content (AvgIpc) is 2.28. The van der Waals surface area contributed by atoms with E-state index in [1.54, 1.807) is 19.1 Å². The van der Waals surface area contributed by atoms with Crippen molar-refractivity contribution in [2.45, 2.75) is 13.0 Å². The van der Waals surface area contributed by atoms with E-state index in [0.29, 0.717) is 12.2 Å². The molecule has 1 unspecified atom stereocenters. The van der Waals surface area contributed by atoms with Gasteiger partial charge < -0.3 is 14.6 Å². The van der Waals surface area contributed by atoms with Crippen LogP contribution in [0.15, 0.2) is 23.1 Å². The smallest absolute Gasteiger partial charge is 0.255 e. The lowest BCUT2D eigenvalue weighted by molar-refractivity contribution is 0.0633. The maximum Gasteiger partial charge on any atom is 0.255 e. The molecular weight excluding hydrogens is 208 g/mol. The predicted octanol–water partition coefficient (Wildman–Crippen LogP) is 0.482. The molecule has 1 aromatic rings. The van der Waals surface area contributed by atoms with Crippen LogP contribution >= 0.6 is 0 Å². The first-order valence-electron chi connectivity index (χ1n) is 5.01. The molecule has 88 valence electrons. The second-order valence-corrected chi connectivity index (χ2v) is 3.66. The highest BCUT2D eigenvalue weighted by atomic mass is 16.5. The van der Waals surface area contributed by atoms with Crippen LogP contribution in [0.5, 0.6) is 0 Å². The van der Waals surface area contributed by atoms with Gasteiger partial charge in [-0.25, -0.2) is 0 Å². The van der Waals surface area contributed by atoms with Crippen LogP contribution in [-0.4, -0.2) is 42.6 Å². The third-order valence-corrected chi connectivity index (χ3v) is 2.42.